The van der Waals surface area contributed by atoms with Gasteiger partial charge in [0.25, 0.3) is 0 Å². The molecule has 3 heteroatoms. The summed E-state index contributed by atoms with van der Waals surface area (Å²) in [7, 11) is 0. The van der Waals surface area contributed by atoms with E-state index < -0.39 is 6.04 Å². The lowest BCUT2D eigenvalue weighted by Crippen LogP contribution is -2.19. The van der Waals surface area contributed by atoms with Crippen LogP contribution in [0.15, 0.2) is 30.3 Å². The predicted octanol–water partition coefficient (Wildman–Crippen LogP) is 1.97. The third-order valence-electron chi connectivity index (χ3n) is 1.76. The molecule has 1 aromatic rings. The zero-order valence-corrected chi connectivity index (χ0v) is 8.03. The monoisotopic (exact) mass is 188 g/mol. The molecule has 1 N–H and O–H groups in total. The van der Waals surface area contributed by atoms with Gasteiger partial charge >= 0.3 is 0 Å². The Morgan fingerprint density at radius 3 is 2.64 bits per heavy atom. The lowest BCUT2D eigenvalue weighted by atomic mass is 10.1. The van der Waals surface area contributed by atoms with E-state index in [1.165, 1.54) is 6.92 Å². The number of carbonyl (C=O) groups excluding carboxylic acids is 1. The van der Waals surface area contributed by atoms with Crippen LogP contribution in [0.4, 0.5) is 5.69 Å². The Bertz CT molecular complexity index is 340. The molecule has 1 unspecified atom stereocenters. The second-order valence-corrected chi connectivity index (χ2v) is 3.10. The fourth-order valence-corrected chi connectivity index (χ4v) is 1.15. The topological polar surface area (TPSA) is 52.9 Å². The van der Waals surface area contributed by atoms with Crippen LogP contribution >= 0.6 is 0 Å². The number of hydrogen-bond acceptors (Lipinski definition) is 3. The molecule has 14 heavy (non-hydrogen) atoms. The van der Waals surface area contributed by atoms with Gasteiger partial charge in [-0.15, -0.1) is 0 Å². The average Bonchev–Trinajstić information content (AvgIpc) is 2.17. The van der Waals surface area contributed by atoms with Crippen molar-refractivity contribution in [2.75, 3.05) is 5.32 Å². The molecule has 0 heterocycles. The molecule has 0 saturated carbocycles. The van der Waals surface area contributed by atoms with Crippen molar-refractivity contribution in [3.63, 3.8) is 0 Å². The van der Waals surface area contributed by atoms with Crippen LogP contribution in [0.1, 0.15) is 13.3 Å². The van der Waals surface area contributed by atoms with Crippen LogP contribution in [-0.2, 0) is 4.79 Å². The largest absolute Gasteiger partial charge is 0.369 e. The van der Waals surface area contributed by atoms with E-state index in [1.54, 1.807) is 0 Å². The van der Waals surface area contributed by atoms with Crippen molar-refractivity contribution < 1.29 is 4.79 Å². The third kappa shape index (κ3) is 3.28. The lowest BCUT2D eigenvalue weighted by Gasteiger charge is -2.10. The van der Waals surface area contributed by atoms with Gasteiger partial charge in [-0.05, 0) is 19.1 Å². The van der Waals surface area contributed by atoms with E-state index in [1.807, 2.05) is 36.4 Å². The molecule has 1 rings (SSSR count). The highest BCUT2D eigenvalue weighted by Gasteiger charge is 2.08. The van der Waals surface area contributed by atoms with Gasteiger partial charge < -0.3 is 5.32 Å². The smallest absolute Gasteiger partial charge is 0.132 e. The van der Waals surface area contributed by atoms with Crippen LogP contribution in [0.25, 0.3) is 0 Å². The molecule has 0 radical (unpaired) electrons. The normalized spacial score (nSPS) is 11.4. The number of Topliss-reactive ketones (excluding diaryl/α,β-unsaturated/α-hetero) is 1. The first-order chi connectivity index (χ1) is 6.72. The lowest BCUT2D eigenvalue weighted by molar-refractivity contribution is -0.117. The number of nitriles is 1. The molecule has 3 nitrogen and oxygen atoms in total. The number of rotatable bonds is 4. The van der Waals surface area contributed by atoms with Gasteiger partial charge in [0.05, 0.1) is 6.07 Å². The van der Waals surface area contributed by atoms with Crippen molar-refractivity contribution in [1.29, 1.82) is 5.26 Å². The summed E-state index contributed by atoms with van der Waals surface area (Å²) >= 11 is 0. The van der Waals surface area contributed by atoms with Crippen molar-refractivity contribution in [1.82, 2.24) is 0 Å². The third-order valence-corrected chi connectivity index (χ3v) is 1.76. The van der Waals surface area contributed by atoms with Crippen molar-refractivity contribution >= 4 is 11.5 Å². The zero-order chi connectivity index (χ0) is 10.4. The molecule has 0 amide bonds. The summed E-state index contributed by atoms with van der Waals surface area (Å²) < 4.78 is 0. The number of para-hydroxylation sites is 1. The van der Waals surface area contributed by atoms with Gasteiger partial charge in [-0.3, -0.25) is 4.79 Å². The maximum absolute atomic E-state index is 10.8. The highest BCUT2D eigenvalue weighted by atomic mass is 16.1. The summed E-state index contributed by atoms with van der Waals surface area (Å²) in [5.74, 6) is 0.0139. The summed E-state index contributed by atoms with van der Waals surface area (Å²) in [6.45, 7) is 1.48. The van der Waals surface area contributed by atoms with Crippen molar-refractivity contribution in [3.05, 3.63) is 30.3 Å². The van der Waals surface area contributed by atoms with Crippen LogP contribution in [0.5, 0.6) is 0 Å². The minimum atomic E-state index is -0.435. The Morgan fingerprint density at radius 1 is 1.50 bits per heavy atom. The van der Waals surface area contributed by atoms with Gasteiger partial charge in [0.1, 0.15) is 11.8 Å². The van der Waals surface area contributed by atoms with Gasteiger partial charge in [0.15, 0.2) is 0 Å². The quantitative estimate of drug-likeness (QED) is 0.785. The van der Waals surface area contributed by atoms with Crippen LogP contribution < -0.4 is 5.32 Å². The fraction of sp³-hybridized carbons (Fsp3) is 0.273. The van der Waals surface area contributed by atoms with E-state index in [0.717, 1.165) is 5.69 Å². The Balaban J connectivity index is 2.58. The van der Waals surface area contributed by atoms with Gasteiger partial charge in [0, 0.05) is 12.1 Å². The van der Waals surface area contributed by atoms with Crippen LogP contribution in [0.3, 0.4) is 0 Å². The first-order valence-electron chi connectivity index (χ1n) is 4.43. The maximum Gasteiger partial charge on any atom is 0.132 e. The molecule has 0 aromatic heterocycles. The fourth-order valence-electron chi connectivity index (χ4n) is 1.15. The number of anilines is 1. The van der Waals surface area contributed by atoms with Crippen LogP contribution in [0.2, 0.25) is 0 Å². The molecular weight excluding hydrogens is 176 g/mol. The number of ketones is 1. The summed E-state index contributed by atoms with van der Waals surface area (Å²) in [6.07, 6.45) is 0.241. The molecule has 0 saturated heterocycles. The molecular formula is C11H12N2O. The first-order valence-corrected chi connectivity index (χ1v) is 4.43. The van der Waals surface area contributed by atoms with Crippen molar-refractivity contribution in [2.24, 2.45) is 0 Å². The van der Waals surface area contributed by atoms with Gasteiger partial charge in [-0.25, -0.2) is 0 Å². The van der Waals surface area contributed by atoms with Crippen molar-refractivity contribution in [2.45, 2.75) is 19.4 Å². The molecule has 0 fully saturated rings. The highest BCUT2D eigenvalue weighted by molar-refractivity contribution is 5.77. The average molecular weight is 188 g/mol. The molecule has 72 valence electrons. The molecule has 0 aliphatic rings. The summed E-state index contributed by atoms with van der Waals surface area (Å²) in [5, 5.41) is 11.7. The Hall–Kier alpha value is -1.82. The van der Waals surface area contributed by atoms with Crippen molar-refractivity contribution in [3.8, 4) is 6.07 Å². The minimum Gasteiger partial charge on any atom is -0.369 e. The number of nitrogens with zero attached hydrogens (tertiary/aromatic N) is 1. The van der Waals surface area contributed by atoms with E-state index in [4.69, 9.17) is 5.26 Å². The molecule has 1 aromatic carbocycles. The Morgan fingerprint density at radius 2 is 2.14 bits per heavy atom. The predicted molar refractivity (Wildman–Crippen MR) is 54.8 cm³/mol. The maximum atomic E-state index is 10.8. The van der Waals surface area contributed by atoms with E-state index in [2.05, 4.69) is 5.32 Å². The van der Waals surface area contributed by atoms with Gasteiger partial charge in [-0.1, -0.05) is 18.2 Å². The highest BCUT2D eigenvalue weighted by Crippen LogP contribution is 2.08. The van der Waals surface area contributed by atoms with E-state index in [-0.39, 0.29) is 12.2 Å². The number of hydrogen-bond donors (Lipinski definition) is 1. The van der Waals surface area contributed by atoms with E-state index in [9.17, 15) is 4.79 Å². The second-order valence-electron chi connectivity index (χ2n) is 3.10. The van der Waals surface area contributed by atoms with Gasteiger partial charge in [0.2, 0.25) is 0 Å². The Kier molecular flexibility index (Phi) is 3.69. The second kappa shape index (κ2) is 5.03. The molecule has 0 aliphatic carbocycles. The number of carbonyl (C=O) groups is 1. The standard InChI is InChI=1S/C11H12N2O/c1-9(14)7-11(8-12)13-10-5-3-2-4-6-10/h2-6,11,13H,7H2,1H3. The summed E-state index contributed by atoms with van der Waals surface area (Å²) in [5.41, 5.74) is 0.861. The number of nitrogens with one attached hydrogen (secondary N) is 1. The van der Waals surface area contributed by atoms with Crippen LogP contribution in [-0.4, -0.2) is 11.8 Å². The number of benzene rings is 1. The van der Waals surface area contributed by atoms with E-state index >= 15 is 0 Å². The summed E-state index contributed by atoms with van der Waals surface area (Å²) in [4.78, 5) is 10.8. The van der Waals surface area contributed by atoms with Gasteiger partial charge in [-0.2, -0.15) is 5.26 Å². The summed E-state index contributed by atoms with van der Waals surface area (Å²) in [6, 6.07) is 11.0. The molecule has 1 atom stereocenters. The molecule has 0 aliphatic heterocycles. The Labute approximate surface area is 83.4 Å². The van der Waals surface area contributed by atoms with Crippen LogP contribution in [0, 0.1) is 11.3 Å². The molecule has 0 bridgehead atoms. The molecule has 0 spiro atoms. The van der Waals surface area contributed by atoms with E-state index in [0.29, 0.717) is 0 Å². The minimum absolute atomic E-state index is 0.0139. The SMILES string of the molecule is CC(=O)CC(C#N)Nc1ccccc1. The zero-order valence-electron chi connectivity index (χ0n) is 8.03. The first kappa shape index (κ1) is 10.3.